The number of halogens is 3. The fraction of sp³-hybridized carbons (Fsp3) is 0.125. The van der Waals surface area contributed by atoms with Crippen molar-refractivity contribution < 1.29 is 32.6 Å². The van der Waals surface area contributed by atoms with E-state index in [1.165, 1.54) is 0 Å². The number of amides is 1. The monoisotopic (exact) mass is 339 g/mol. The van der Waals surface area contributed by atoms with Crippen LogP contribution in [-0.4, -0.2) is 24.1 Å². The van der Waals surface area contributed by atoms with E-state index in [1.54, 1.807) is 0 Å². The molecule has 0 spiro atoms. The van der Waals surface area contributed by atoms with E-state index in [9.17, 15) is 27.9 Å². The molecule has 0 saturated carbocycles. The van der Waals surface area contributed by atoms with Gasteiger partial charge < -0.3 is 15.2 Å². The minimum atomic E-state index is -1.90. The van der Waals surface area contributed by atoms with Crippen LogP contribution in [-0.2, 0) is 9.53 Å². The number of hydrogen-bond acceptors (Lipinski definition) is 4. The highest BCUT2D eigenvalue weighted by molar-refractivity contribution is 6.04. The van der Waals surface area contributed by atoms with E-state index in [0.29, 0.717) is 0 Å². The molecule has 0 aliphatic carbocycles. The number of nitrogens with one attached hydrogen (secondary N) is 1. The van der Waals surface area contributed by atoms with Crippen molar-refractivity contribution in [2.75, 3.05) is 12.4 Å². The average Bonchev–Trinajstić information content (AvgIpc) is 2.57. The Kier molecular flexibility index (Phi) is 5.20. The Morgan fingerprint density at radius 1 is 1.04 bits per heavy atom. The number of esters is 1. The van der Waals surface area contributed by atoms with Gasteiger partial charge in [-0.25, -0.2) is 18.0 Å². The summed E-state index contributed by atoms with van der Waals surface area (Å²) in [5.74, 6) is -4.98. The van der Waals surface area contributed by atoms with Gasteiger partial charge in [-0.3, -0.25) is 4.79 Å². The molecular weight excluding hydrogens is 327 g/mol. The van der Waals surface area contributed by atoms with Gasteiger partial charge >= 0.3 is 5.97 Å². The van der Waals surface area contributed by atoms with Crippen molar-refractivity contribution in [2.24, 2.45) is 0 Å². The Hall–Kier alpha value is -2.87. The van der Waals surface area contributed by atoms with E-state index in [1.807, 2.05) is 0 Å². The molecule has 2 rings (SSSR count). The molecule has 2 N–H and O–H groups in total. The third-order valence-corrected chi connectivity index (χ3v) is 3.15. The van der Waals surface area contributed by atoms with Crippen LogP contribution in [0.2, 0.25) is 0 Å². The molecule has 126 valence electrons. The van der Waals surface area contributed by atoms with Crippen molar-refractivity contribution in [2.45, 2.75) is 6.10 Å². The topological polar surface area (TPSA) is 75.6 Å². The lowest BCUT2D eigenvalue weighted by molar-refractivity contribution is -0.150. The minimum Gasteiger partial charge on any atom is -0.467 e. The summed E-state index contributed by atoms with van der Waals surface area (Å²) in [6, 6.07) is 5.72. The first-order valence-electron chi connectivity index (χ1n) is 6.65. The van der Waals surface area contributed by atoms with Gasteiger partial charge in [0.15, 0.2) is 17.7 Å². The van der Waals surface area contributed by atoms with Crippen molar-refractivity contribution in [1.82, 2.24) is 0 Å². The fourth-order valence-electron chi connectivity index (χ4n) is 1.91. The average molecular weight is 339 g/mol. The Bertz CT molecular complexity index is 795. The summed E-state index contributed by atoms with van der Waals surface area (Å²) in [4.78, 5) is 23.4. The van der Waals surface area contributed by atoms with Crippen molar-refractivity contribution in [1.29, 1.82) is 0 Å². The normalized spacial score (nSPS) is 11.7. The Labute approximate surface area is 134 Å². The Morgan fingerprint density at radius 2 is 1.71 bits per heavy atom. The van der Waals surface area contributed by atoms with Gasteiger partial charge in [0.2, 0.25) is 0 Å². The van der Waals surface area contributed by atoms with Crippen LogP contribution in [0.25, 0.3) is 0 Å². The number of aliphatic hydroxyl groups excluding tert-OH is 1. The molecule has 1 amide bonds. The standard InChI is InChI=1S/C16H12F3NO4/c1-24-16(23)14(21)10-6-8(2-4-11(10)17)15(22)20-9-3-5-12(18)13(19)7-9/h2-7,14,21H,1H3,(H,20,22). The lowest BCUT2D eigenvalue weighted by atomic mass is 10.0. The number of carbonyl (C=O) groups is 2. The number of anilines is 1. The minimum absolute atomic E-state index is 0.0155. The van der Waals surface area contributed by atoms with Crippen LogP contribution in [0.5, 0.6) is 0 Å². The van der Waals surface area contributed by atoms with Gasteiger partial charge in [0, 0.05) is 22.9 Å². The molecule has 0 aliphatic heterocycles. The number of ether oxygens (including phenoxy) is 1. The first-order valence-corrected chi connectivity index (χ1v) is 6.65. The number of methoxy groups -OCH3 is 1. The van der Waals surface area contributed by atoms with Crippen LogP contribution in [0.1, 0.15) is 22.0 Å². The summed E-state index contributed by atoms with van der Waals surface area (Å²) in [5, 5.41) is 12.0. The molecule has 0 radical (unpaired) electrons. The van der Waals surface area contributed by atoms with Gasteiger partial charge in [-0.2, -0.15) is 0 Å². The van der Waals surface area contributed by atoms with Crippen molar-refractivity contribution in [3.8, 4) is 0 Å². The number of aliphatic hydroxyl groups is 1. The zero-order valence-electron chi connectivity index (χ0n) is 12.3. The van der Waals surface area contributed by atoms with Crippen molar-refractivity contribution >= 4 is 17.6 Å². The van der Waals surface area contributed by atoms with E-state index in [2.05, 4.69) is 10.1 Å². The number of benzene rings is 2. The van der Waals surface area contributed by atoms with Crippen LogP contribution in [0.3, 0.4) is 0 Å². The molecule has 2 aromatic carbocycles. The van der Waals surface area contributed by atoms with Crippen LogP contribution in [0.4, 0.5) is 18.9 Å². The van der Waals surface area contributed by atoms with Crippen molar-refractivity contribution in [3.05, 3.63) is 65.0 Å². The molecule has 0 heterocycles. The van der Waals surface area contributed by atoms with E-state index < -0.39 is 41.0 Å². The van der Waals surface area contributed by atoms with Gasteiger partial charge in [-0.05, 0) is 30.3 Å². The largest absolute Gasteiger partial charge is 0.467 e. The second-order valence-electron chi connectivity index (χ2n) is 4.75. The van der Waals surface area contributed by atoms with Gasteiger partial charge in [-0.15, -0.1) is 0 Å². The highest BCUT2D eigenvalue weighted by atomic mass is 19.2. The fourth-order valence-corrected chi connectivity index (χ4v) is 1.91. The molecule has 24 heavy (non-hydrogen) atoms. The zero-order chi connectivity index (χ0) is 17.9. The molecule has 0 fully saturated rings. The van der Waals surface area contributed by atoms with E-state index in [4.69, 9.17) is 0 Å². The lowest BCUT2D eigenvalue weighted by Gasteiger charge is -2.12. The third-order valence-electron chi connectivity index (χ3n) is 3.15. The highest BCUT2D eigenvalue weighted by Gasteiger charge is 2.23. The summed E-state index contributed by atoms with van der Waals surface area (Å²) in [7, 11) is 1.02. The second-order valence-corrected chi connectivity index (χ2v) is 4.75. The van der Waals surface area contributed by atoms with Crippen LogP contribution in [0, 0.1) is 17.5 Å². The summed E-state index contributed by atoms with van der Waals surface area (Å²) in [5.41, 5.74) is -0.558. The molecule has 2 aromatic rings. The molecule has 0 saturated heterocycles. The molecule has 5 nitrogen and oxygen atoms in total. The number of rotatable bonds is 4. The molecule has 0 bridgehead atoms. The summed E-state index contributed by atoms with van der Waals surface area (Å²) < 4.78 is 44.0. The molecule has 1 unspecified atom stereocenters. The number of carbonyl (C=O) groups excluding carboxylic acids is 2. The number of hydrogen-bond donors (Lipinski definition) is 2. The van der Waals surface area contributed by atoms with Gasteiger partial charge in [-0.1, -0.05) is 0 Å². The predicted molar refractivity (Wildman–Crippen MR) is 77.7 cm³/mol. The molecule has 0 aliphatic rings. The quantitative estimate of drug-likeness (QED) is 0.840. The van der Waals surface area contributed by atoms with Crippen LogP contribution in [0.15, 0.2) is 36.4 Å². The summed E-state index contributed by atoms with van der Waals surface area (Å²) >= 11 is 0. The molecule has 1 atom stereocenters. The predicted octanol–water partition coefficient (Wildman–Crippen LogP) is 2.56. The van der Waals surface area contributed by atoms with Gasteiger partial charge in [0.25, 0.3) is 5.91 Å². The van der Waals surface area contributed by atoms with E-state index in [-0.39, 0.29) is 11.3 Å². The Morgan fingerprint density at radius 3 is 2.33 bits per heavy atom. The first kappa shape index (κ1) is 17.5. The molecule has 0 aromatic heterocycles. The third kappa shape index (κ3) is 3.72. The summed E-state index contributed by atoms with van der Waals surface area (Å²) in [6.45, 7) is 0. The van der Waals surface area contributed by atoms with E-state index in [0.717, 1.165) is 43.5 Å². The lowest BCUT2D eigenvalue weighted by Crippen LogP contribution is -2.17. The van der Waals surface area contributed by atoms with Crippen molar-refractivity contribution in [3.63, 3.8) is 0 Å². The zero-order valence-corrected chi connectivity index (χ0v) is 12.3. The van der Waals surface area contributed by atoms with Gasteiger partial charge in [0.1, 0.15) is 5.82 Å². The molecular formula is C16H12F3NO4. The SMILES string of the molecule is COC(=O)C(O)c1cc(C(=O)Nc2ccc(F)c(F)c2)ccc1F. The maximum Gasteiger partial charge on any atom is 0.339 e. The van der Waals surface area contributed by atoms with Gasteiger partial charge in [0.05, 0.1) is 7.11 Å². The molecule has 8 heteroatoms. The van der Waals surface area contributed by atoms with E-state index >= 15 is 0 Å². The van der Waals surface area contributed by atoms with Crippen LogP contribution >= 0.6 is 0 Å². The first-order chi connectivity index (χ1) is 11.3. The van der Waals surface area contributed by atoms with Crippen LogP contribution < -0.4 is 5.32 Å². The Balaban J connectivity index is 2.26. The maximum absolute atomic E-state index is 13.7. The highest BCUT2D eigenvalue weighted by Crippen LogP contribution is 2.21. The smallest absolute Gasteiger partial charge is 0.339 e. The second kappa shape index (κ2) is 7.14. The summed E-state index contributed by atoms with van der Waals surface area (Å²) in [6.07, 6.45) is -1.90. The maximum atomic E-state index is 13.7.